The molecule has 0 saturated carbocycles. The van der Waals surface area contributed by atoms with Crippen molar-refractivity contribution in [3.8, 4) is 0 Å². The van der Waals surface area contributed by atoms with Crippen molar-refractivity contribution in [2.75, 3.05) is 18.0 Å². The molecule has 0 aliphatic carbocycles. The lowest BCUT2D eigenvalue weighted by atomic mass is 10.2. The Labute approximate surface area is 118 Å². The lowest BCUT2D eigenvalue weighted by Gasteiger charge is -2.27. The smallest absolute Gasteiger partial charge is 0.381 e. The van der Waals surface area contributed by atoms with Crippen LogP contribution in [0, 0.1) is 5.82 Å². The van der Waals surface area contributed by atoms with Crippen molar-refractivity contribution < 1.29 is 30.2 Å². The summed E-state index contributed by atoms with van der Waals surface area (Å²) in [5, 5.41) is 0. The molecule has 1 aromatic heterocycles. The summed E-state index contributed by atoms with van der Waals surface area (Å²) in [5.41, 5.74) is -5.47. The second kappa shape index (κ2) is 5.51. The van der Waals surface area contributed by atoms with Crippen LogP contribution in [0.5, 0.6) is 0 Å². The Kier molecular flexibility index (Phi) is 4.08. The highest BCUT2D eigenvalue weighted by Gasteiger charge is 2.48. The van der Waals surface area contributed by atoms with Gasteiger partial charge >= 0.3 is 15.6 Å². The molecule has 0 spiro atoms. The molecule has 116 valence electrons. The summed E-state index contributed by atoms with van der Waals surface area (Å²) in [6, 6.07) is 2.61. The van der Waals surface area contributed by atoms with Crippen molar-refractivity contribution in [2.24, 2.45) is 0 Å². The number of anilines is 1. The van der Waals surface area contributed by atoms with Gasteiger partial charge in [-0.2, -0.15) is 21.6 Å². The van der Waals surface area contributed by atoms with Gasteiger partial charge in [-0.1, -0.05) is 0 Å². The molecule has 0 unspecified atom stereocenters. The fraction of sp³-hybridized carbons (Fsp3) is 0.364. The SMILES string of the molecule is O=S(=O)(OC1=CCN(c2ncccc2F)CC1)C(F)(F)F. The zero-order valence-corrected chi connectivity index (χ0v) is 11.3. The van der Waals surface area contributed by atoms with Crippen LogP contribution in [0.2, 0.25) is 0 Å². The second-order valence-electron chi connectivity index (χ2n) is 4.16. The average molecular weight is 326 g/mol. The Morgan fingerprint density at radius 3 is 2.57 bits per heavy atom. The maximum atomic E-state index is 13.5. The fourth-order valence-corrected chi connectivity index (χ4v) is 2.24. The molecule has 0 aromatic carbocycles. The molecule has 5 nitrogen and oxygen atoms in total. The molecular formula is C11H10F4N2O3S. The van der Waals surface area contributed by atoms with Gasteiger partial charge in [0.15, 0.2) is 11.6 Å². The first-order chi connectivity index (χ1) is 9.71. The second-order valence-corrected chi connectivity index (χ2v) is 5.70. The molecule has 2 heterocycles. The van der Waals surface area contributed by atoms with Gasteiger partial charge in [0.05, 0.1) is 0 Å². The predicted molar refractivity (Wildman–Crippen MR) is 65.2 cm³/mol. The third-order valence-corrected chi connectivity index (χ3v) is 3.71. The van der Waals surface area contributed by atoms with Gasteiger partial charge in [-0.05, 0) is 18.2 Å². The van der Waals surface area contributed by atoms with E-state index in [0.29, 0.717) is 0 Å². The molecule has 0 bridgehead atoms. The van der Waals surface area contributed by atoms with Crippen LogP contribution in [0.25, 0.3) is 0 Å². The molecular weight excluding hydrogens is 316 g/mol. The first-order valence-electron chi connectivity index (χ1n) is 5.76. The summed E-state index contributed by atoms with van der Waals surface area (Å²) in [7, 11) is -5.66. The van der Waals surface area contributed by atoms with E-state index >= 15 is 0 Å². The van der Waals surface area contributed by atoms with Crippen molar-refractivity contribution in [1.82, 2.24) is 4.98 Å². The topological polar surface area (TPSA) is 59.5 Å². The van der Waals surface area contributed by atoms with Crippen molar-refractivity contribution in [1.29, 1.82) is 0 Å². The van der Waals surface area contributed by atoms with Crippen LogP contribution in [0.1, 0.15) is 6.42 Å². The van der Waals surface area contributed by atoms with E-state index in [9.17, 15) is 26.0 Å². The number of halogens is 4. The van der Waals surface area contributed by atoms with E-state index in [2.05, 4.69) is 9.17 Å². The molecule has 1 aliphatic rings. The molecule has 0 fully saturated rings. The minimum Gasteiger partial charge on any atom is -0.381 e. The van der Waals surface area contributed by atoms with Crippen molar-refractivity contribution in [2.45, 2.75) is 11.9 Å². The Bertz CT molecular complexity index is 658. The van der Waals surface area contributed by atoms with Gasteiger partial charge in [0, 0.05) is 25.7 Å². The van der Waals surface area contributed by atoms with Crippen molar-refractivity contribution >= 4 is 15.9 Å². The van der Waals surface area contributed by atoms with Crippen molar-refractivity contribution in [3.05, 3.63) is 36.0 Å². The summed E-state index contributed by atoms with van der Waals surface area (Å²) < 4.78 is 75.7. The zero-order valence-electron chi connectivity index (χ0n) is 10.5. The quantitative estimate of drug-likeness (QED) is 0.484. The summed E-state index contributed by atoms with van der Waals surface area (Å²) in [6.45, 7) is 0.0871. The lowest BCUT2D eigenvalue weighted by molar-refractivity contribution is -0.0523. The molecule has 0 N–H and O–H groups in total. The fourth-order valence-electron chi connectivity index (χ4n) is 1.72. The number of pyridine rings is 1. The maximum Gasteiger partial charge on any atom is 0.534 e. The van der Waals surface area contributed by atoms with Crippen LogP contribution in [0.3, 0.4) is 0 Å². The van der Waals surface area contributed by atoms with E-state index < -0.39 is 21.4 Å². The Morgan fingerprint density at radius 2 is 2.05 bits per heavy atom. The number of hydrogen-bond donors (Lipinski definition) is 0. The first-order valence-corrected chi connectivity index (χ1v) is 7.17. The van der Waals surface area contributed by atoms with Gasteiger partial charge in [0.1, 0.15) is 5.76 Å². The van der Waals surface area contributed by atoms with Crippen molar-refractivity contribution in [3.63, 3.8) is 0 Å². The van der Waals surface area contributed by atoms with Gasteiger partial charge < -0.3 is 9.08 Å². The van der Waals surface area contributed by atoms with E-state index in [1.807, 2.05) is 0 Å². The average Bonchev–Trinajstić information content (AvgIpc) is 2.39. The highest BCUT2D eigenvalue weighted by molar-refractivity contribution is 7.87. The van der Waals surface area contributed by atoms with Gasteiger partial charge in [0.25, 0.3) is 0 Å². The molecule has 0 atom stereocenters. The predicted octanol–water partition coefficient (Wildman–Crippen LogP) is 2.18. The van der Waals surface area contributed by atoms with Crippen LogP contribution >= 0.6 is 0 Å². The number of nitrogens with zero attached hydrogens (tertiary/aromatic N) is 2. The number of rotatable bonds is 3. The van der Waals surface area contributed by atoms with E-state index in [0.717, 1.165) is 6.08 Å². The maximum absolute atomic E-state index is 13.5. The third-order valence-electron chi connectivity index (χ3n) is 2.71. The lowest BCUT2D eigenvalue weighted by Crippen LogP contribution is -2.32. The molecule has 2 rings (SSSR count). The Morgan fingerprint density at radius 1 is 1.33 bits per heavy atom. The zero-order chi connectivity index (χ0) is 15.7. The summed E-state index contributed by atoms with van der Waals surface area (Å²) in [4.78, 5) is 5.28. The minimum absolute atomic E-state index is 0.00333. The third kappa shape index (κ3) is 3.43. The van der Waals surface area contributed by atoms with Gasteiger partial charge in [-0.3, -0.25) is 0 Å². The summed E-state index contributed by atoms with van der Waals surface area (Å²) >= 11 is 0. The number of hydrogen-bond acceptors (Lipinski definition) is 5. The van der Waals surface area contributed by atoms with Crippen LogP contribution < -0.4 is 4.90 Å². The Balaban J connectivity index is 2.08. The van der Waals surface area contributed by atoms with Gasteiger partial charge in [-0.15, -0.1) is 0 Å². The molecule has 1 aliphatic heterocycles. The van der Waals surface area contributed by atoms with E-state index in [4.69, 9.17) is 0 Å². The minimum atomic E-state index is -5.66. The van der Waals surface area contributed by atoms with E-state index in [-0.39, 0.29) is 31.1 Å². The molecule has 21 heavy (non-hydrogen) atoms. The molecule has 0 radical (unpaired) electrons. The van der Waals surface area contributed by atoms with Crippen LogP contribution in [0.15, 0.2) is 30.2 Å². The molecule has 0 amide bonds. The Hall–Kier alpha value is -1.84. The highest BCUT2D eigenvalue weighted by Crippen LogP contribution is 2.29. The normalized spacial score (nSPS) is 16.6. The molecule has 10 heteroatoms. The summed E-state index contributed by atoms with van der Waals surface area (Å²) in [5.74, 6) is -0.843. The van der Waals surface area contributed by atoms with Gasteiger partial charge in [0.2, 0.25) is 0 Å². The highest BCUT2D eigenvalue weighted by atomic mass is 32.2. The van der Waals surface area contributed by atoms with E-state index in [1.165, 1.54) is 23.2 Å². The first kappa shape index (κ1) is 15.5. The van der Waals surface area contributed by atoms with Crippen LogP contribution in [0.4, 0.5) is 23.4 Å². The number of aromatic nitrogens is 1. The summed E-state index contributed by atoms with van der Waals surface area (Å²) in [6.07, 6.45) is 2.43. The monoisotopic (exact) mass is 326 g/mol. The van der Waals surface area contributed by atoms with E-state index in [1.54, 1.807) is 0 Å². The van der Waals surface area contributed by atoms with Crippen LogP contribution in [-0.4, -0.2) is 32.0 Å². The number of alkyl halides is 3. The van der Waals surface area contributed by atoms with Gasteiger partial charge in [-0.25, -0.2) is 9.37 Å². The molecule has 1 aromatic rings. The largest absolute Gasteiger partial charge is 0.534 e. The standard InChI is InChI=1S/C11H10F4N2O3S/c12-9-2-1-5-16-10(9)17-6-3-8(4-7-17)20-21(18,19)11(13,14)15/h1-3,5H,4,6-7H2. The molecule has 0 saturated heterocycles. The van der Waals surface area contributed by atoms with Crippen LogP contribution in [-0.2, 0) is 14.3 Å².